The van der Waals surface area contributed by atoms with Crippen LogP contribution in [0.25, 0.3) is 11.4 Å². The Morgan fingerprint density at radius 3 is 2.32 bits per heavy atom. The first-order valence-electron chi connectivity index (χ1n) is 10.4. The molecule has 0 spiro atoms. The standard InChI is InChI=1S/C24H22F3N5O2/c1-15-12-16(2)32(29-15)19-5-4-17(21(13-19)24(25,26)27)14-28-23(33)22-10-11-31(30-22)18-6-8-20(34-3)9-7-18/h4-13H,14H2,1-3H3,(H,28,33). The summed E-state index contributed by atoms with van der Waals surface area (Å²) >= 11 is 0. The predicted octanol–water partition coefficient (Wildman–Crippen LogP) is 4.63. The van der Waals surface area contributed by atoms with Gasteiger partial charge in [0.1, 0.15) is 5.75 Å². The van der Waals surface area contributed by atoms with Crippen molar-refractivity contribution in [2.24, 2.45) is 0 Å². The van der Waals surface area contributed by atoms with E-state index >= 15 is 0 Å². The molecule has 0 aliphatic rings. The average molecular weight is 469 g/mol. The first-order valence-corrected chi connectivity index (χ1v) is 10.4. The van der Waals surface area contributed by atoms with Crippen LogP contribution < -0.4 is 10.1 Å². The number of carbonyl (C=O) groups is 1. The van der Waals surface area contributed by atoms with Crippen molar-refractivity contribution in [3.8, 4) is 17.1 Å². The van der Waals surface area contributed by atoms with Gasteiger partial charge in [0.15, 0.2) is 5.69 Å². The lowest BCUT2D eigenvalue weighted by atomic mass is 10.1. The molecular weight excluding hydrogens is 447 g/mol. The number of ether oxygens (including phenoxy) is 1. The minimum atomic E-state index is -4.60. The zero-order chi connectivity index (χ0) is 24.5. The number of halogens is 3. The van der Waals surface area contributed by atoms with E-state index in [-0.39, 0.29) is 17.8 Å². The van der Waals surface area contributed by atoms with Gasteiger partial charge in [-0.25, -0.2) is 9.36 Å². The van der Waals surface area contributed by atoms with E-state index in [0.717, 1.165) is 11.8 Å². The molecule has 4 rings (SSSR count). The number of hydrogen-bond acceptors (Lipinski definition) is 4. The molecule has 0 atom stereocenters. The van der Waals surface area contributed by atoms with E-state index in [1.54, 1.807) is 63.6 Å². The van der Waals surface area contributed by atoms with Crippen molar-refractivity contribution in [3.05, 3.63) is 89.0 Å². The van der Waals surface area contributed by atoms with Crippen molar-refractivity contribution in [2.45, 2.75) is 26.6 Å². The van der Waals surface area contributed by atoms with E-state index in [1.807, 2.05) is 0 Å². The largest absolute Gasteiger partial charge is 0.497 e. The summed E-state index contributed by atoms with van der Waals surface area (Å²) in [5.41, 5.74) is 1.63. The van der Waals surface area contributed by atoms with E-state index in [9.17, 15) is 18.0 Å². The van der Waals surface area contributed by atoms with Crippen molar-refractivity contribution < 1.29 is 22.7 Å². The number of nitrogens with zero attached hydrogens (tertiary/aromatic N) is 4. The summed E-state index contributed by atoms with van der Waals surface area (Å²) in [6.45, 7) is 3.24. The van der Waals surface area contributed by atoms with Gasteiger partial charge in [-0.3, -0.25) is 4.79 Å². The molecule has 0 fully saturated rings. The maximum absolute atomic E-state index is 13.8. The molecule has 2 aromatic heterocycles. The zero-order valence-electron chi connectivity index (χ0n) is 18.7. The molecule has 1 N–H and O–H groups in total. The number of hydrogen-bond donors (Lipinski definition) is 1. The summed E-state index contributed by atoms with van der Waals surface area (Å²) in [4.78, 5) is 12.6. The fourth-order valence-electron chi connectivity index (χ4n) is 3.59. The van der Waals surface area contributed by atoms with Crippen molar-refractivity contribution >= 4 is 5.91 Å². The second kappa shape index (κ2) is 9.05. The highest BCUT2D eigenvalue weighted by Gasteiger charge is 2.34. The van der Waals surface area contributed by atoms with E-state index in [0.29, 0.717) is 22.8 Å². The summed E-state index contributed by atoms with van der Waals surface area (Å²) in [5.74, 6) is 0.0984. The molecule has 0 saturated heterocycles. The summed E-state index contributed by atoms with van der Waals surface area (Å²) in [7, 11) is 1.56. The Labute approximate surface area is 193 Å². The van der Waals surface area contributed by atoms with Gasteiger partial charge in [-0.15, -0.1) is 0 Å². The minimum Gasteiger partial charge on any atom is -0.497 e. The molecule has 34 heavy (non-hydrogen) atoms. The van der Waals surface area contributed by atoms with Crippen LogP contribution in [0.4, 0.5) is 13.2 Å². The van der Waals surface area contributed by atoms with Crippen LogP contribution in [-0.2, 0) is 12.7 Å². The Balaban J connectivity index is 1.52. The number of amides is 1. The lowest BCUT2D eigenvalue weighted by molar-refractivity contribution is -0.138. The predicted molar refractivity (Wildman–Crippen MR) is 119 cm³/mol. The Kier molecular flexibility index (Phi) is 6.14. The molecule has 0 aliphatic heterocycles. The van der Waals surface area contributed by atoms with Crippen molar-refractivity contribution in [1.29, 1.82) is 0 Å². The van der Waals surface area contributed by atoms with Crippen LogP contribution in [0, 0.1) is 13.8 Å². The van der Waals surface area contributed by atoms with Gasteiger partial charge in [0.25, 0.3) is 5.91 Å². The summed E-state index contributed by atoms with van der Waals surface area (Å²) in [6.07, 6.45) is -3.00. The Morgan fingerprint density at radius 2 is 1.71 bits per heavy atom. The third kappa shape index (κ3) is 4.80. The second-order valence-electron chi connectivity index (χ2n) is 7.70. The van der Waals surface area contributed by atoms with Crippen LogP contribution in [0.5, 0.6) is 5.75 Å². The Morgan fingerprint density at radius 1 is 1.00 bits per heavy atom. The highest BCUT2D eigenvalue weighted by atomic mass is 19.4. The fourth-order valence-corrected chi connectivity index (χ4v) is 3.59. The van der Waals surface area contributed by atoms with E-state index in [1.165, 1.54) is 21.5 Å². The highest BCUT2D eigenvalue weighted by molar-refractivity contribution is 5.92. The third-order valence-corrected chi connectivity index (χ3v) is 5.25. The molecule has 10 heteroatoms. The normalized spacial score (nSPS) is 11.5. The van der Waals surface area contributed by atoms with Gasteiger partial charge < -0.3 is 10.1 Å². The third-order valence-electron chi connectivity index (χ3n) is 5.25. The van der Waals surface area contributed by atoms with E-state index in [2.05, 4.69) is 15.5 Å². The molecule has 0 saturated carbocycles. The molecular formula is C24H22F3N5O2. The summed E-state index contributed by atoms with van der Waals surface area (Å²) in [6, 6.07) is 14.3. The van der Waals surface area contributed by atoms with Gasteiger partial charge in [-0.1, -0.05) is 6.07 Å². The topological polar surface area (TPSA) is 74.0 Å². The number of benzene rings is 2. The number of methoxy groups -OCH3 is 1. The lowest BCUT2D eigenvalue weighted by Gasteiger charge is -2.15. The average Bonchev–Trinajstić information content (AvgIpc) is 3.43. The number of alkyl halides is 3. The number of carbonyl (C=O) groups excluding carboxylic acids is 1. The molecule has 4 aromatic rings. The van der Waals surface area contributed by atoms with E-state index in [4.69, 9.17) is 4.74 Å². The van der Waals surface area contributed by atoms with Crippen molar-refractivity contribution in [1.82, 2.24) is 24.9 Å². The molecule has 7 nitrogen and oxygen atoms in total. The van der Waals surface area contributed by atoms with Crippen LogP contribution in [0.2, 0.25) is 0 Å². The summed E-state index contributed by atoms with van der Waals surface area (Å²) in [5, 5.41) is 11.0. The van der Waals surface area contributed by atoms with Crippen LogP contribution in [0.3, 0.4) is 0 Å². The minimum absolute atomic E-state index is 0.0549. The van der Waals surface area contributed by atoms with Crippen LogP contribution in [0.15, 0.2) is 60.8 Å². The van der Waals surface area contributed by atoms with Crippen LogP contribution in [0.1, 0.15) is 33.0 Å². The first kappa shape index (κ1) is 23.1. The smallest absolute Gasteiger partial charge is 0.416 e. The highest BCUT2D eigenvalue weighted by Crippen LogP contribution is 2.33. The van der Waals surface area contributed by atoms with Gasteiger partial charge in [-0.05, 0) is 67.9 Å². The monoisotopic (exact) mass is 469 g/mol. The molecule has 0 unspecified atom stereocenters. The molecule has 1 amide bonds. The van der Waals surface area contributed by atoms with Crippen molar-refractivity contribution in [2.75, 3.05) is 7.11 Å². The van der Waals surface area contributed by atoms with Crippen LogP contribution in [-0.4, -0.2) is 32.6 Å². The molecule has 176 valence electrons. The first-order chi connectivity index (χ1) is 16.2. The summed E-state index contributed by atoms with van der Waals surface area (Å²) < 4.78 is 49.4. The Bertz CT molecular complexity index is 1320. The fraction of sp³-hybridized carbons (Fsp3) is 0.208. The van der Waals surface area contributed by atoms with Gasteiger partial charge >= 0.3 is 6.18 Å². The second-order valence-corrected chi connectivity index (χ2v) is 7.70. The molecule has 0 aliphatic carbocycles. The van der Waals surface area contributed by atoms with Gasteiger partial charge in [-0.2, -0.15) is 23.4 Å². The number of aryl methyl sites for hydroxylation is 2. The lowest BCUT2D eigenvalue weighted by Crippen LogP contribution is -2.25. The van der Waals surface area contributed by atoms with Gasteiger partial charge in [0, 0.05) is 18.4 Å². The maximum atomic E-state index is 13.8. The van der Waals surface area contributed by atoms with Gasteiger partial charge in [0.2, 0.25) is 0 Å². The number of nitrogens with one attached hydrogen (secondary N) is 1. The van der Waals surface area contributed by atoms with Crippen molar-refractivity contribution in [3.63, 3.8) is 0 Å². The Hall–Kier alpha value is -4.08. The molecule has 2 heterocycles. The van der Waals surface area contributed by atoms with Crippen LogP contribution >= 0.6 is 0 Å². The number of aromatic nitrogens is 4. The van der Waals surface area contributed by atoms with E-state index < -0.39 is 17.6 Å². The van der Waals surface area contributed by atoms with Gasteiger partial charge in [0.05, 0.1) is 29.7 Å². The quantitative estimate of drug-likeness (QED) is 0.447. The maximum Gasteiger partial charge on any atom is 0.416 e. The molecule has 2 aromatic carbocycles. The molecule has 0 bridgehead atoms. The molecule has 0 radical (unpaired) electrons. The zero-order valence-corrected chi connectivity index (χ0v) is 18.7. The number of rotatable bonds is 6. The SMILES string of the molecule is COc1ccc(-n2ccc(C(=O)NCc3ccc(-n4nc(C)cc4C)cc3C(F)(F)F)n2)cc1.